The van der Waals surface area contributed by atoms with Crippen LogP contribution in [0.3, 0.4) is 0 Å². The number of furan rings is 1. The Balaban J connectivity index is 1.93. The topological polar surface area (TPSA) is 53.6 Å². The van der Waals surface area contributed by atoms with Crippen molar-refractivity contribution >= 4 is 11.0 Å². The highest BCUT2D eigenvalue weighted by Gasteiger charge is 2.55. The minimum atomic E-state index is -0.390. The fourth-order valence-corrected chi connectivity index (χ4v) is 5.41. The van der Waals surface area contributed by atoms with E-state index in [4.69, 9.17) is 4.42 Å². The summed E-state index contributed by atoms with van der Waals surface area (Å²) in [6.45, 7) is 4.54. The molecule has 2 aliphatic carbocycles. The predicted molar refractivity (Wildman–Crippen MR) is 85.8 cm³/mol. The summed E-state index contributed by atoms with van der Waals surface area (Å²) in [6.07, 6.45) is 5.14. The molecule has 0 bridgehead atoms. The third-order valence-corrected chi connectivity index (χ3v) is 6.35. The van der Waals surface area contributed by atoms with Crippen molar-refractivity contribution in [2.45, 2.75) is 51.0 Å². The van der Waals surface area contributed by atoms with Gasteiger partial charge in [0.05, 0.1) is 12.4 Å². The summed E-state index contributed by atoms with van der Waals surface area (Å²) in [7, 11) is 0. The number of aliphatic hydroxyl groups excluding tert-OH is 2. The molecule has 4 rings (SSSR count). The van der Waals surface area contributed by atoms with Gasteiger partial charge >= 0.3 is 0 Å². The van der Waals surface area contributed by atoms with E-state index in [1.54, 1.807) is 6.26 Å². The SMILES string of the molecule is C[C@@]1(CO)CCC[C@]2(C)c3cc4occc4cc3C[C@@H](O)[C@@H]12. The van der Waals surface area contributed by atoms with Crippen molar-refractivity contribution in [3.05, 3.63) is 35.6 Å². The normalized spacial score (nSPS) is 37.8. The molecule has 1 saturated carbocycles. The molecular weight excluding hydrogens is 276 g/mol. The van der Waals surface area contributed by atoms with Gasteiger partial charge < -0.3 is 14.6 Å². The molecule has 0 saturated heterocycles. The zero-order valence-corrected chi connectivity index (χ0v) is 13.3. The zero-order chi connectivity index (χ0) is 15.5. The number of aliphatic hydroxyl groups is 2. The van der Waals surface area contributed by atoms with Crippen molar-refractivity contribution in [1.29, 1.82) is 0 Å². The minimum absolute atomic E-state index is 0.0935. The highest BCUT2D eigenvalue weighted by atomic mass is 16.3. The number of fused-ring (bicyclic) bond motifs is 4. The molecular formula is C19H24O3. The van der Waals surface area contributed by atoms with E-state index in [-0.39, 0.29) is 29.5 Å². The van der Waals surface area contributed by atoms with Crippen molar-refractivity contribution in [3.8, 4) is 0 Å². The molecule has 3 nitrogen and oxygen atoms in total. The molecule has 1 aromatic carbocycles. The Bertz CT molecular complexity index is 719. The standard InChI is InChI=1S/C19H24O3/c1-18(11-20)5-3-6-19(2)14-10-16-12(4-7-22-16)8-13(14)9-15(21)17(18)19/h4,7-8,10,15,17,20-21H,3,5-6,9,11H2,1-2H3/t15-,17+,18+,19-/m1/s1. The number of benzene rings is 1. The molecule has 3 heteroatoms. The third-order valence-electron chi connectivity index (χ3n) is 6.35. The lowest BCUT2D eigenvalue weighted by atomic mass is 9.49. The first-order valence-corrected chi connectivity index (χ1v) is 8.27. The Morgan fingerprint density at radius 2 is 2.09 bits per heavy atom. The lowest BCUT2D eigenvalue weighted by Gasteiger charge is -2.56. The first kappa shape index (κ1) is 14.3. The van der Waals surface area contributed by atoms with Gasteiger partial charge in [0.25, 0.3) is 0 Å². The van der Waals surface area contributed by atoms with Crippen molar-refractivity contribution in [2.24, 2.45) is 11.3 Å². The maximum atomic E-state index is 10.9. The van der Waals surface area contributed by atoms with E-state index in [0.717, 1.165) is 30.2 Å². The Hall–Kier alpha value is -1.32. The minimum Gasteiger partial charge on any atom is -0.464 e. The number of hydrogen-bond donors (Lipinski definition) is 2. The molecule has 0 amide bonds. The van der Waals surface area contributed by atoms with E-state index in [1.165, 1.54) is 11.1 Å². The molecule has 0 radical (unpaired) electrons. The van der Waals surface area contributed by atoms with Crippen molar-refractivity contribution in [1.82, 2.24) is 0 Å². The van der Waals surface area contributed by atoms with Gasteiger partial charge in [0.15, 0.2) is 0 Å². The Labute approximate surface area is 130 Å². The summed E-state index contributed by atoms with van der Waals surface area (Å²) in [5.74, 6) is 0.0960. The van der Waals surface area contributed by atoms with Gasteiger partial charge in [-0.25, -0.2) is 0 Å². The van der Waals surface area contributed by atoms with Gasteiger partial charge in [0.1, 0.15) is 5.58 Å². The summed E-state index contributed by atoms with van der Waals surface area (Å²) in [4.78, 5) is 0. The van der Waals surface area contributed by atoms with E-state index in [0.29, 0.717) is 6.42 Å². The van der Waals surface area contributed by atoms with Gasteiger partial charge in [-0.1, -0.05) is 20.3 Å². The van der Waals surface area contributed by atoms with Crippen molar-refractivity contribution < 1.29 is 14.6 Å². The summed E-state index contributed by atoms with van der Waals surface area (Å²) in [5, 5.41) is 22.0. The predicted octanol–water partition coefficient (Wildman–Crippen LogP) is 3.41. The second-order valence-electron chi connectivity index (χ2n) is 7.80. The van der Waals surface area contributed by atoms with Gasteiger partial charge in [-0.05, 0) is 59.4 Å². The van der Waals surface area contributed by atoms with Crippen LogP contribution in [0.5, 0.6) is 0 Å². The summed E-state index contributed by atoms with van der Waals surface area (Å²) >= 11 is 0. The number of rotatable bonds is 1. The Morgan fingerprint density at radius 1 is 1.27 bits per heavy atom. The first-order chi connectivity index (χ1) is 10.5. The fourth-order valence-electron chi connectivity index (χ4n) is 5.41. The lowest BCUT2D eigenvalue weighted by Crippen LogP contribution is -2.56. The van der Waals surface area contributed by atoms with Crippen LogP contribution in [0.4, 0.5) is 0 Å². The number of hydrogen-bond acceptors (Lipinski definition) is 3. The third kappa shape index (κ3) is 1.76. The highest BCUT2D eigenvalue weighted by Crippen LogP contribution is 2.57. The summed E-state index contributed by atoms with van der Waals surface area (Å²) in [5.41, 5.74) is 3.17. The van der Waals surface area contributed by atoms with Crippen LogP contribution >= 0.6 is 0 Å². The highest BCUT2D eigenvalue weighted by molar-refractivity contribution is 5.79. The molecule has 0 unspecified atom stereocenters. The first-order valence-electron chi connectivity index (χ1n) is 8.27. The van der Waals surface area contributed by atoms with Crippen LogP contribution in [0.2, 0.25) is 0 Å². The second kappa shape index (κ2) is 4.59. The second-order valence-corrected chi connectivity index (χ2v) is 7.80. The van der Waals surface area contributed by atoms with Gasteiger partial charge in [0.2, 0.25) is 0 Å². The van der Waals surface area contributed by atoms with E-state index in [9.17, 15) is 10.2 Å². The largest absolute Gasteiger partial charge is 0.464 e. The molecule has 2 N–H and O–H groups in total. The Kier molecular flexibility index (Phi) is 2.98. The quantitative estimate of drug-likeness (QED) is 0.848. The van der Waals surface area contributed by atoms with Crippen molar-refractivity contribution in [2.75, 3.05) is 6.61 Å². The van der Waals surface area contributed by atoms with Crippen LogP contribution in [-0.2, 0) is 11.8 Å². The average molecular weight is 300 g/mol. The van der Waals surface area contributed by atoms with E-state index in [1.807, 2.05) is 6.07 Å². The van der Waals surface area contributed by atoms with E-state index >= 15 is 0 Å². The van der Waals surface area contributed by atoms with E-state index < -0.39 is 0 Å². The average Bonchev–Trinajstić information content (AvgIpc) is 2.92. The lowest BCUT2D eigenvalue weighted by molar-refractivity contribution is -0.0846. The smallest absolute Gasteiger partial charge is 0.134 e. The molecule has 0 spiro atoms. The van der Waals surface area contributed by atoms with Crippen LogP contribution in [0.15, 0.2) is 28.9 Å². The van der Waals surface area contributed by atoms with Gasteiger partial charge in [0, 0.05) is 17.9 Å². The van der Waals surface area contributed by atoms with Crippen LogP contribution in [-0.4, -0.2) is 22.9 Å². The maximum absolute atomic E-state index is 10.9. The zero-order valence-electron chi connectivity index (χ0n) is 13.3. The van der Waals surface area contributed by atoms with Gasteiger partial charge in [-0.3, -0.25) is 0 Å². The van der Waals surface area contributed by atoms with Gasteiger partial charge in [-0.2, -0.15) is 0 Å². The molecule has 118 valence electrons. The molecule has 1 heterocycles. The van der Waals surface area contributed by atoms with Crippen LogP contribution in [0, 0.1) is 11.3 Å². The monoisotopic (exact) mass is 300 g/mol. The van der Waals surface area contributed by atoms with E-state index in [2.05, 4.69) is 26.0 Å². The van der Waals surface area contributed by atoms with Gasteiger partial charge in [-0.15, -0.1) is 0 Å². The van der Waals surface area contributed by atoms with Crippen LogP contribution in [0.25, 0.3) is 11.0 Å². The maximum Gasteiger partial charge on any atom is 0.134 e. The molecule has 1 aromatic heterocycles. The Morgan fingerprint density at radius 3 is 2.86 bits per heavy atom. The fraction of sp³-hybridized carbons (Fsp3) is 0.579. The molecule has 2 aromatic rings. The summed E-state index contributed by atoms with van der Waals surface area (Å²) in [6, 6.07) is 6.32. The van der Waals surface area contributed by atoms with Crippen LogP contribution < -0.4 is 0 Å². The van der Waals surface area contributed by atoms with Crippen molar-refractivity contribution in [3.63, 3.8) is 0 Å². The molecule has 0 aliphatic heterocycles. The molecule has 2 aliphatic rings. The summed E-state index contributed by atoms with van der Waals surface area (Å²) < 4.78 is 5.60. The molecule has 1 fully saturated rings. The molecule has 4 atom stereocenters. The van der Waals surface area contributed by atoms with Crippen LogP contribution in [0.1, 0.15) is 44.2 Å². The molecule has 22 heavy (non-hydrogen) atoms.